The highest BCUT2D eigenvalue weighted by atomic mass is 32.1. The van der Waals surface area contributed by atoms with Gasteiger partial charge in [-0.1, -0.05) is 11.2 Å². The Morgan fingerprint density at radius 2 is 2.16 bits per heavy atom. The molecule has 1 N–H and O–H groups in total. The van der Waals surface area contributed by atoms with Crippen molar-refractivity contribution in [3.8, 4) is 5.75 Å². The monoisotopic (exact) mass is 357 g/mol. The van der Waals surface area contributed by atoms with Crippen LogP contribution in [0.15, 0.2) is 34.2 Å². The summed E-state index contributed by atoms with van der Waals surface area (Å²) in [6, 6.07) is 7.09. The van der Waals surface area contributed by atoms with Gasteiger partial charge in [-0.3, -0.25) is 4.79 Å². The predicted octanol–water partition coefficient (Wildman–Crippen LogP) is 3.57. The Morgan fingerprint density at radius 1 is 1.32 bits per heavy atom. The van der Waals surface area contributed by atoms with E-state index in [0.717, 1.165) is 27.7 Å². The minimum Gasteiger partial charge on any atom is -0.489 e. The standard InChI is InChI=1S/C18H19N3O3S/c1-11-17(12(2)24-21-11)9-23-16-6-4-5-14(7-16)18(22)19-8-15-10-25-13(3)20-15/h4-7,10H,8-9H2,1-3H3,(H,19,22). The highest BCUT2D eigenvalue weighted by Crippen LogP contribution is 2.18. The lowest BCUT2D eigenvalue weighted by Gasteiger charge is -2.08. The van der Waals surface area contributed by atoms with Gasteiger partial charge in [0.25, 0.3) is 5.91 Å². The third kappa shape index (κ3) is 4.24. The first-order valence-corrected chi connectivity index (χ1v) is 8.74. The average molecular weight is 357 g/mol. The summed E-state index contributed by atoms with van der Waals surface area (Å²) in [6.07, 6.45) is 0. The van der Waals surface area contributed by atoms with Gasteiger partial charge in [0.1, 0.15) is 18.1 Å². The number of ether oxygens (including phenoxy) is 1. The highest BCUT2D eigenvalue weighted by molar-refractivity contribution is 7.09. The van der Waals surface area contributed by atoms with Crippen LogP contribution >= 0.6 is 11.3 Å². The summed E-state index contributed by atoms with van der Waals surface area (Å²) in [6.45, 7) is 6.43. The lowest BCUT2D eigenvalue weighted by atomic mass is 10.2. The van der Waals surface area contributed by atoms with Crippen LogP contribution in [0.25, 0.3) is 0 Å². The van der Waals surface area contributed by atoms with Gasteiger partial charge in [-0.25, -0.2) is 4.98 Å². The molecular weight excluding hydrogens is 338 g/mol. The molecule has 2 heterocycles. The molecule has 0 bridgehead atoms. The molecule has 3 rings (SSSR count). The SMILES string of the molecule is Cc1nc(CNC(=O)c2cccc(OCc3c(C)noc3C)c2)cs1. The molecule has 0 fully saturated rings. The number of hydrogen-bond acceptors (Lipinski definition) is 6. The summed E-state index contributed by atoms with van der Waals surface area (Å²) >= 11 is 1.57. The number of hydrogen-bond donors (Lipinski definition) is 1. The largest absolute Gasteiger partial charge is 0.489 e. The van der Waals surface area contributed by atoms with Crippen molar-refractivity contribution < 1.29 is 14.1 Å². The van der Waals surface area contributed by atoms with Crippen LogP contribution in [0.1, 0.15) is 38.1 Å². The fourth-order valence-electron chi connectivity index (χ4n) is 2.35. The molecule has 0 atom stereocenters. The summed E-state index contributed by atoms with van der Waals surface area (Å²) in [5, 5.41) is 9.70. The number of rotatable bonds is 6. The number of benzene rings is 1. The van der Waals surface area contributed by atoms with E-state index in [2.05, 4.69) is 15.5 Å². The van der Waals surface area contributed by atoms with Crippen molar-refractivity contribution in [3.05, 3.63) is 62.9 Å². The molecule has 0 radical (unpaired) electrons. The van der Waals surface area contributed by atoms with Crippen molar-refractivity contribution in [1.29, 1.82) is 0 Å². The summed E-state index contributed by atoms with van der Waals surface area (Å²) < 4.78 is 10.9. The van der Waals surface area contributed by atoms with Gasteiger partial charge in [-0.2, -0.15) is 0 Å². The summed E-state index contributed by atoms with van der Waals surface area (Å²) in [7, 11) is 0. The second-order valence-corrected chi connectivity index (χ2v) is 6.72. The van der Waals surface area contributed by atoms with Crippen LogP contribution in [0.2, 0.25) is 0 Å². The topological polar surface area (TPSA) is 77.2 Å². The molecule has 0 aliphatic rings. The normalized spacial score (nSPS) is 10.7. The fourth-order valence-corrected chi connectivity index (χ4v) is 2.97. The minimum atomic E-state index is -0.159. The maximum absolute atomic E-state index is 12.3. The van der Waals surface area contributed by atoms with Crippen molar-refractivity contribution in [2.75, 3.05) is 0 Å². The third-order valence-corrected chi connectivity index (χ3v) is 4.58. The van der Waals surface area contributed by atoms with Gasteiger partial charge < -0.3 is 14.6 Å². The third-order valence-electron chi connectivity index (χ3n) is 3.76. The van der Waals surface area contributed by atoms with E-state index in [1.807, 2.05) is 32.2 Å². The number of carbonyl (C=O) groups is 1. The fraction of sp³-hybridized carbons (Fsp3) is 0.278. The van der Waals surface area contributed by atoms with E-state index in [1.54, 1.807) is 29.5 Å². The van der Waals surface area contributed by atoms with E-state index in [1.165, 1.54) is 0 Å². The molecular formula is C18H19N3O3S. The Labute approximate surface area is 149 Å². The van der Waals surface area contributed by atoms with Crippen LogP contribution in [-0.4, -0.2) is 16.0 Å². The molecule has 0 unspecified atom stereocenters. The van der Waals surface area contributed by atoms with Crippen LogP contribution in [0.3, 0.4) is 0 Å². The Bertz CT molecular complexity index is 866. The van der Waals surface area contributed by atoms with E-state index in [4.69, 9.17) is 9.26 Å². The van der Waals surface area contributed by atoms with Gasteiger partial charge in [0.05, 0.1) is 28.5 Å². The first-order chi connectivity index (χ1) is 12.0. The number of nitrogens with zero attached hydrogens (tertiary/aromatic N) is 2. The number of carbonyl (C=O) groups excluding carboxylic acids is 1. The first kappa shape index (κ1) is 17.2. The summed E-state index contributed by atoms with van der Waals surface area (Å²) in [5.41, 5.74) is 3.14. The number of aromatic nitrogens is 2. The van der Waals surface area contributed by atoms with E-state index in [0.29, 0.717) is 24.5 Å². The van der Waals surface area contributed by atoms with Gasteiger partial charge in [-0.15, -0.1) is 11.3 Å². The number of amides is 1. The molecule has 3 aromatic rings. The van der Waals surface area contributed by atoms with E-state index < -0.39 is 0 Å². The quantitative estimate of drug-likeness (QED) is 0.730. The van der Waals surface area contributed by atoms with E-state index in [9.17, 15) is 4.79 Å². The second kappa shape index (κ2) is 7.48. The van der Waals surface area contributed by atoms with Gasteiger partial charge in [-0.05, 0) is 39.0 Å². The minimum absolute atomic E-state index is 0.159. The predicted molar refractivity (Wildman–Crippen MR) is 94.8 cm³/mol. The number of aryl methyl sites for hydroxylation is 3. The molecule has 1 amide bonds. The zero-order valence-corrected chi connectivity index (χ0v) is 15.1. The van der Waals surface area contributed by atoms with E-state index >= 15 is 0 Å². The molecule has 25 heavy (non-hydrogen) atoms. The lowest BCUT2D eigenvalue weighted by Crippen LogP contribution is -2.22. The van der Waals surface area contributed by atoms with Crippen molar-refractivity contribution >= 4 is 17.2 Å². The molecule has 0 aliphatic heterocycles. The molecule has 130 valence electrons. The van der Waals surface area contributed by atoms with Gasteiger partial charge >= 0.3 is 0 Å². The number of thiazole rings is 1. The molecule has 1 aromatic carbocycles. The maximum Gasteiger partial charge on any atom is 0.251 e. The van der Waals surface area contributed by atoms with Crippen LogP contribution in [0.5, 0.6) is 5.75 Å². The highest BCUT2D eigenvalue weighted by Gasteiger charge is 2.11. The second-order valence-electron chi connectivity index (χ2n) is 5.66. The van der Waals surface area contributed by atoms with Crippen molar-refractivity contribution in [3.63, 3.8) is 0 Å². The summed E-state index contributed by atoms with van der Waals surface area (Å²) in [5.74, 6) is 1.20. The smallest absolute Gasteiger partial charge is 0.251 e. The van der Waals surface area contributed by atoms with Crippen molar-refractivity contribution in [2.24, 2.45) is 0 Å². The molecule has 7 heteroatoms. The lowest BCUT2D eigenvalue weighted by molar-refractivity contribution is 0.0950. The Hall–Kier alpha value is -2.67. The van der Waals surface area contributed by atoms with Gasteiger partial charge in [0, 0.05) is 10.9 Å². The van der Waals surface area contributed by atoms with Crippen LogP contribution in [0, 0.1) is 20.8 Å². The maximum atomic E-state index is 12.3. The van der Waals surface area contributed by atoms with Crippen molar-refractivity contribution in [1.82, 2.24) is 15.5 Å². The van der Waals surface area contributed by atoms with Gasteiger partial charge in [0.2, 0.25) is 0 Å². The molecule has 2 aromatic heterocycles. The van der Waals surface area contributed by atoms with Crippen molar-refractivity contribution in [2.45, 2.75) is 33.9 Å². The van der Waals surface area contributed by atoms with Crippen LogP contribution in [-0.2, 0) is 13.2 Å². The van der Waals surface area contributed by atoms with Crippen LogP contribution in [0.4, 0.5) is 0 Å². The zero-order chi connectivity index (χ0) is 17.8. The Kier molecular flexibility index (Phi) is 5.14. The van der Waals surface area contributed by atoms with Gasteiger partial charge in [0.15, 0.2) is 0 Å². The number of nitrogens with one attached hydrogen (secondary N) is 1. The van der Waals surface area contributed by atoms with Crippen LogP contribution < -0.4 is 10.1 Å². The Morgan fingerprint density at radius 3 is 2.84 bits per heavy atom. The summed E-state index contributed by atoms with van der Waals surface area (Å²) in [4.78, 5) is 16.6. The first-order valence-electron chi connectivity index (χ1n) is 7.86. The average Bonchev–Trinajstić information content (AvgIpc) is 3.17. The Balaban J connectivity index is 1.61. The molecule has 0 spiro atoms. The molecule has 0 saturated carbocycles. The molecule has 0 saturated heterocycles. The van der Waals surface area contributed by atoms with E-state index in [-0.39, 0.29) is 5.91 Å². The molecule has 6 nitrogen and oxygen atoms in total. The zero-order valence-electron chi connectivity index (χ0n) is 14.3. The molecule has 0 aliphatic carbocycles.